The molecule has 0 unspecified atom stereocenters. The van der Waals surface area contributed by atoms with E-state index in [1.165, 1.54) is 4.31 Å². The van der Waals surface area contributed by atoms with Gasteiger partial charge in [0, 0.05) is 33.2 Å². The number of piperazine rings is 1. The summed E-state index contributed by atoms with van der Waals surface area (Å²) in [4.78, 5) is 16.5. The lowest BCUT2D eigenvalue weighted by molar-refractivity contribution is -0.133. The molecule has 0 aliphatic carbocycles. The van der Waals surface area contributed by atoms with E-state index in [0.717, 1.165) is 11.1 Å². The number of nitrogens with zero attached hydrogens (tertiary/aromatic N) is 3. The second-order valence-electron chi connectivity index (χ2n) is 7.51. The first-order valence-electron chi connectivity index (χ1n) is 9.91. The maximum atomic E-state index is 12.7. The van der Waals surface area contributed by atoms with Crippen LogP contribution in [-0.2, 0) is 20.6 Å². The van der Waals surface area contributed by atoms with Crippen LogP contribution >= 0.6 is 0 Å². The summed E-state index contributed by atoms with van der Waals surface area (Å²) < 4.78 is 26.9. The van der Waals surface area contributed by atoms with Crippen LogP contribution in [0.3, 0.4) is 0 Å². The first-order valence-corrected chi connectivity index (χ1v) is 11.5. The van der Waals surface area contributed by atoms with Gasteiger partial charge in [0.2, 0.25) is 15.9 Å². The molecule has 1 fully saturated rings. The van der Waals surface area contributed by atoms with Crippen molar-refractivity contribution < 1.29 is 13.2 Å². The third kappa shape index (κ3) is 5.65. The van der Waals surface area contributed by atoms with Crippen molar-refractivity contribution >= 4 is 15.9 Å². The number of carbonyl (C=O) groups is 1. The molecule has 1 saturated heterocycles. The van der Waals surface area contributed by atoms with E-state index in [-0.39, 0.29) is 17.7 Å². The third-order valence-corrected chi connectivity index (χ3v) is 7.38. The molecular weight excluding hydrogens is 386 g/mol. The topological polar surface area (TPSA) is 60.9 Å². The molecule has 2 aromatic rings. The van der Waals surface area contributed by atoms with Gasteiger partial charge in [0.15, 0.2) is 0 Å². The van der Waals surface area contributed by atoms with E-state index in [2.05, 4.69) is 0 Å². The standard InChI is InChI=1S/C22H29N3O3S/c1-19(21-11-7-4-8-12-21)23(2)22(26)17-24-13-15-25(16-14-24)29(27,28)18-20-9-5-3-6-10-20/h3-12,19H,13-18H2,1-2H3/t19-/m1/s1. The van der Waals surface area contributed by atoms with Crippen LogP contribution in [0.1, 0.15) is 24.1 Å². The SMILES string of the molecule is C[C@H](c1ccccc1)N(C)C(=O)CN1CCN(S(=O)(=O)Cc2ccccc2)CC1. The van der Waals surface area contributed by atoms with E-state index in [1.807, 2.05) is 79.5 Å². The molecule has 1 heterocycles. The highest BCUT2D eigenvalue weighted by atomic mass is 32.2. The van der Waals surface area contributed by atoms with Gasteiger partial charge in [0.1, 0.15) is 0 Å². The van der Waals surface area contributed by atoms with E-state index in [9.17, 15) is 13.2 Å². The Kier molecular flexibility index (Phi) is 7.05. The van der Waals surface area contributed by atoms with Gasteiger partial charge in [0.05, 0.1) is 18.3 Å². The first kappa shape index (κ1) is 21.5. The lowest BCUT2D eigenvalue weighted by Crippen LogP contribution is -2.51. The highest BCUT2D eigenvalue weighted by Gasteiger charge is 2.28. The van der Waals surface area contributed by atoms with Crippen LogP contribution in [0.4, 0.5) is 0 Å². The molecule has 0 radical (unpaired) electrons. The van der Waals surface area contributed by atoms with Crippen LogP contribution in [0.2, 0.25) is 0 Å². The van der Waals surface area contributed by atoms with Gasteiger partial charge in [-0.15, -0.1) is 0 Å². The normalized spacial score (nSPS) is 17.0. The van der Waals surface area contributed by atoms with E-state index >= 15 is 0 Å². The summed E-state index contributed by atoms with van der Waals surface area (Å²) in [5.74, 6) is 0.0614. The molecular formula is C22H29N3O3S. The van der Waals surface area contributed by atoms with E-state index in [0.29, 0.717) is 32.7 Å². The number of carbonyl (C=O) groups excluding carboxylic acids is 1. The zero-order valence-electron chi connectivity index (χ0n) is 17.1. The van der Waals surface area contributed by atoms with E-state index < -0.39 is 10.0 Å². The maximum Gasteiger partial charge on any atom is 0.236 e. The van der Waals surface area contributed by atoms with Crippen molar-refractivity contribution in [3.05, 3.63) is 71.8 Å². The molecule has 156 valence electrons. The third-order valence-electron chi connectivity index (χ3n) is 5.53. The Morgan fingerprint density at radius 1 is 0.966 bits per heavy atom. The molecule has 2 aromatic carbocycles. The highest BCUT2D eigenvalue weighted by Crippen LogP contribution is 2.19. The summed E-state index contributed by atoms with van der Waals surface area (Å²) in [7, 11) is -1.52. The molecule has 29 heavy (non-hydrogen) atoms. The summed E-state index contributed by atoms with van der Waals surface area (Å²) in [6.07, 6.45) is 0. The molecule has 7 heteroatoms. The monoisotopic (exact) mass is 415 g/mol. The number of rotatable bonds is 7. The minimum atomic E-state index is -3.34. The molecule has 1 amide bonds. The summed E-state index contributed by atoms with van der Waals surface area (Å²) in [5.41, 5.74) is 1.89. The van der Waals surface area contributed by atoms with Crippen LogP contribution in [0, 0.1) is 0 Å². The Morgan fingerprint density at radius 3 is 2.10 bits per heavy atom. The molecule has 0 bridgehead atoms. The molecule has 0 aromatic heterocycles. The van der Waals surface area contributed by atoms with Crippen LogP contribution in [0.15, 0.2) is 60.7 Å². The average molecular weight is 416 g/mol. The van der Waals surface area contributed by atoms with Crippen molar-refractivity contribution in [1.29, 1.82) is 0 Å². The number of benzene rings is 2. The Hall–Kier alpha value is -2.22. The molecule has 6 nitrogen and oxygen atoms in total. The number of sulfonamides is 1. The fourth-order valence-electron chi connectivity index (χ4n) is 3.52. The fourth-order valence-corrected chi connectivity index (χ4v) is 5.03. The Balaban J connectivity index is 1.51. The number of hydrogen-bond donors (Lipinski definition) is 0. The number of hydrogen-bond acceptors (Lipinski definition) is 4. The van der Waals surface area contributed by atoms with Crippen molar-refractivity contribution in [3.63, 3.8) is 0 Å². The fraction of sp³-hybridized carbons (Fsp3) is 0.409. The van der Waals surface area contributed by atoms with E-state index in [4.69, 9.17) is 0 Å². The van der Waals surface area contributed by atoms with Crippen LogP contribution in [0.25, 0.3) is 0 Å². The molecule has 0 N–H and O–H groups in total. The average Bonchev–Trinajstić information content (AvgIpc) is 2.74. The zero-order valence-corrected chi connectivity index (χ0v) is 17.9. The largest absolute Gasteiger partial charge is 0.338 e. The van der Waals surface area contributed by atoms with Gasteiger partial charge >= 0.3 is 0 Å². The minimum Gasteiger partial charge on any atom is -0.338 e. The molecule has 1 aliphatic heterocycles. The van der Waals surface area contributed by atoms with Gasteiger partial charge in [-0.05, 0) is 18.1 Å². The second kappa shape index (κ2) is 9.52. The molecule has 1 atom stereocenters. The summed E-state index contributed by atoms with van der Waals surface area (Å²) in [5, 5.41) is 0. The Labute approximate surface area is 173 Å². The molecule has 1 aliphatic rings. The Bertz CT molecular complexity index is 895. The quantitative estimate of drug-likeness (QED) is 0.697. The van der Waals surface area contributed by atoms with Gasteiger partial charge in [-0.2, -0.15) is 4.31 Å². The van der Waals surface area contributed by atoms with Crippen molar-refractivity contribution in [1.82, 2.24) is 14.1 Å². The predicted molar refractivity (Wildman–Crippen MR) is 115 cm³/mol. The van der Waals surface area contributed by atoms with Crippen molar-refractivity contribution in [2.75, 3.05) is 39.8 Å². The molecule has 3 rings (SSSR count). The second-order valence-corrected chi connectivity index (χ2v) is 9.48. The molecule has 0 saturated carbocycles. The smallest absolute Gasteiger partial charge is 0.236 e. The Morgan fingerprint density at radius 2 is 1.52 bits per heavy atom. The van der Waals surface area contributed by atoms with Gasteiger partial charge in [-0.25, -0.2) is 8.42 Å². The number of likely N-dealkylation sites (N-methyl/N-ethyl adjacent to an activating group) is 1. The van der Waals surface area contributed by atoms with Crippen molar-refractivity contribution in [2.24, 2.45) is 0 Å². The van der Waals surface area contributed by atoms with Gasteiger partial charge in [-0.3, -0.25) is 9.69 Å². The summed E-state index contributed by atoms with van der Waals surface area (Å²) in [6.45, 7) is 4.28. The van der Waals surface area contributed by atoms with E-state index in [1.54, 1.807) is 4.90 Å². The van der Waals surface area contributed by atoms with Crippen molar-refractivity contribution in [2.45, 2.75) is 18.7 Å². The van der Waals surface area contributed by atoms with Crippen LogP contribution < -0.4 is 0 Å². The summed E-state index contributed by atoms with van der Waals surface area (Å²) >= 11 is 0. The van der Waals surface area contributed by atoms with Crippen LogP contribution in [-0.4, -0.2) is 68.2 Å². The van der Waals surface area contributed by atoms with Gasteiger partial charge in [-0.1, -0.05) is 60.7 Å². The highest BCUT2D eigenvalue weighted by molar-refractivity contribution is 7.88. The summed E-state index contributed by atoms with van der Waals surface area (Å²) in [6, 6.07) is 19.2. The molecule has 0 spiro atoms. The number of amides is 1. The lowest BCUT2D eigenvalue weighted by Gasteiger charge is -2.35. The predicted octanol–water partition coefficient (Wildman–Crippen LogP) is 2.35. The van der Waals surface area contributed by atoms with Crippen molar-refractivity contribution in [3.8, 4) is 0 Å². The van der Waals surface area contributed by atoms with Gasteiger partial charge in [0.25, 0.3) is 0 Å². The van der Waals surface area contributed by atoms with Gasteiger partial charge < -0.3 is 4.90 Å². The maximum absolute atomic E-state index is 12.7. The first-order chi connectivity index (χ1) is 13.9. The lowest BCUT2D eigenvalue weighted by atomic mass is 10.1. The zero-order chi connectivity index (χ0) is 20.9. The minimum absolute atomic E-state index is 0.00348. The van der Waals surface area contributed by atoms with Crippen LogP contribution in [0.5, 0.6) is 0 Å².